The van der Waals surface area contributed by atoms with Gasteiger partial charge in [0, 0.05) is 24.2 Å². The normalized spacial score (nSPS) is 18.7. The van der Waals surface area contributed by atoms with Crippen LogP contribution in [0.5, 0.6) is 5.75 Å². The van der Waals surface area contributed by atoms with Crippen LogP contribution in [0.25, 0.3) is 0 Å². The Morgan fingerprint density at radius 1 is 1.32 bits per heavy atom. The fourth-order valence-corrected chi connectivity index (χ4v) is 2.83. The molecule has 0 aliphatic carbocycles. The summed E-state index contributed by atoms with van der Waals surface area (Å²) in [6.07, 6.45) is 3.70. The summed E-state index contributed by atoms with van der Waals surface area (Å²) in [4.78, 5) is 2.57. The maximum absolute atomic E-state index is 5.85. The topological polar surface area (TPSA) is 38.5 Å². The quantitative estimate of drug-likeness (QED) is 0.801. The fourth-order valence-electron chi connectivity index (χ4n) is 2.83. The van der Waals surface area contributed by atoms with E-state index in [0.717, 1.165) is 30.9 Å². The molecule has 0 aromatic heterocycles. The van der Waals surface area contributed by atoms with E-state index in [1.54, 1.807) is 0 Å². The number of para-hydroxylation sites is 1. The van der Waals surface area contributed by atoms with Gasteiger partial charge in [-0.1, -0.05) is 18.2 Å². The highest BCUT2D eigenvalue weighted by Gasteiger charge is 2.30. The maximum atomic E-state index is 5.85. The molecule has 19 heavy (non-hydrogen) atoms. The van der Waals surface area contributed by atoms with Crippen molar-refractivity contribution in [2.24, 2.45) is 5.73 Å². The molecule has 1 fully saturated rings. The average molecular weight is 262 g/mol. The van der Waals surface area contributed by atoms with Crippen molar-refractivity contribution in [2.45, 2.75) is 45.2 Å². The van der Waals surface area contributed by atoms with Crippen LogP contribution in [0, 0.1) is 0 Å². The van der Waals surface area contributed by atoms with Crippen molar-refractivity contribution < 1.29 is 4.74 Å². The number of rotatable bonds is 6. The van der Waals surface area contributed by atoms with Crippen LogP contribution in [-0.2, 0) is 6.54 Å². The second kappa shape index (κ2) is 6.40. The first kappa shape index (κ1) is 14.4. The number of likely N-dealkylation sites (tertiary alicyclic amines) is 1. The van der Waals surface area contributed by atoms with Crippen molar-refractivity contribution in [3.05, 3.63) is 29.8 Å². The molecule has 1 aromatic rings. The van der Waals surface area contributed by atoms with E-state index >= 15 is 0 Å². The number of nitrogens with two attached hydrogens (primary N) is 1. The SMILES string of the molecule is CC1(C)CCCN1CCCOc1ccccc1CN. The predicted octanol–water partition coefficient (Wildman–Crippen LogP) is 2.79. The molecule has 0 unspecified atom stereocenters. The number of hydrogen-bond donors (Lipinski definition) is 1. The molecular formula is C16H26N2O. The van der Waals surface area contributed by atoms with Gasteiger partial charge in [0.2, 0.25) is 0 Å². The Bertz CT molecular complexity index is 403. The van der Waals surface area contributed by atoms with Gasteiger partial charge >= 0.3 is 0 Å². The van der Waals surface area contributed by atoms with E-state index in [1.807, 2.05) is 24.3 Å². The van der Waals surface area contributed by atoms with Gasteiger partial charge in [0.1, 0.15) is 5.75 Å². The molecule has 2 rings (SSSR count). The summed E-state index contributed by atoms with van der Waals surface area (Å²) in [5, 5.41) is 0. The first-order valence-corrected chi connectivity index (χ1v) is 7.29. The van der Waals surface area contributed by atoms with Crippen molar-refractivity contribution in [1.29, 1.82) is 0 Å². The van der Waals surface area contributed by atoms with Crippen molar-refractivity contribution >= 4 is 0 Å². The molecule has 0 bridgehead atoms. The summed E-state index contributed by atoms with van der Waals surface area (Å²) in [5.74, 6) is 0.936. The molecule has 0 spiro atoms. The minimum atomic E-state index is 0.370. The second-order valence-corrected chi connectivity index (χ2v) is 5.92. The van der Waals surface area contributed by atoms with E-state index in [0.29, 0.717) is 12.1 Å². The van der Waals surface area contributed by atoms with Crippen LogP contribution in [0.3, 0.4) is 0 Å². The molecular weight excluding hydrogens is 236 g/mol. The first-order valence-electron chi connectivity index (χ1n) is 7.29. The smallest absolute Gasteiger partial charge is 0.123 e. The van der Waals surface area contributed by atoms with Gasteiger partial charge in [-0.15, -0.1) is 0 Å². The minimum Gasteiger partial charge on any atom is -0.493 e. The summed E-state index contributed by atoms with van der Waals surface area (Å²) in [7, 11) is 0. The Morgan fingerprint density at radius 3 is 2.79 bits per heavy atom. The summed E-state index contributed by atoms with van der Waals surface area (Å²) < 4.78 is 5.85. The Labute approximate surface area is 116 Å². The van der Waals surface area contributed by atoms with Crippen LogP contribution < -0.4 is 10.5 Å². The van der Waals surface area contributed by atoms with Crippen molar-refractivity contribution in [3.63, 3.8) is 0 Å². The van der Waals surface area contributed by atoms with Crippen molar-refractivity contribution in [2.75, 3.05) is 19.7 Å². The van der Waals surface area contributed by atoms with Crippen LogP contribution in [0.4, 0.5) is 0 Å². The van der Waals surface area contributed by atoms with Crippen LogP contribution in [0.1, 0.15) is 38.7 Å². The summed E-state index contributed by atoms with van der Waals surface area (Å²) in [5.41, 5.74) is 7.16. The maximum Gasteiger partial charge on any atom is 0.123 e. The van der Waals surface area contributed by atoms with Gasteiger partial charge in [-0.2, -0.15) is 0 Å². The highest BCUT2D eigenvalue weighted by Crippen LogP contribution is 2.28. The van der Waals surface area contributed by atoms with Gasteiger partial charge in [-0.3, -0.25) is 4.90 Å². The largest absolute Gasteiger partial charge is 0.493 e. The third kappa shape index (κ3) is 3.71. The molecule has 106 valence electrons. The average Bonchev–Trinajstić information content (AvgIpc) is 2.74. The second-order valence-electron chi connectivity index (χ2n) is 5.92. The van der Waals surface area contributed by atoms with Gasteiger partial charge in [0.25, 0.3) is 0 Å². The van der Waals surface area contributed by atoms with E-state index in [-0.39, 0.29) is 0 Å². The molecule has 1 aromatic carbocycles. The lowest BCUT2D eigenvalue weighted by molar-refractivity contribution is 0.160. The first-order chi connectivity index (χ1) is 9.13. The number of hydrogen-bond acceptors (Lipinski definition) is 3. The van der Waals surface area contributed by atoms with Gasteiger partial charge in [0.05, 0.1) is 6.61 Å². The highest BCUT2D eigenvalue weighted by atomic mass is 16.5. The summed E-state index contributed by atoms with van der Waals surface area (Å²) in [6.45, 7) is 8.33. The molecule has 3 nitrogen and oxygen atoms in total. The fraction of sp³-hybridized carbons (Fsp3) is 0.625. The molecule has 2 N–H and O–H groups in total. The number of benzene rings is 1. The number of nitrogens with zero attached hydrogens (tertiary/aromatic N) is 1. The van der Waals surface area contributed by atoms with E-state index in [4.69, 9.17) is 10.5 Å². The molecule has 1 heterocycles. The van der Waals surface area contributed by atoms with E-state index in [2.05, 4.69) is 18.7 Å². The van der Waals surface area contributed by atoms with Crippen LogP contribution in [-0.4, -0.2) is 30.1 Å². The lowest BCUT2D eigenvalue weighted by Crippen LogP contribution is -2.39. The Balaban J connectivity index is 1.75. The Kier molecular flexibility index (Phi) is 4.83. The lowest BCUT2D eigenvalue weighted by Gasteiger charge is -2.31. The molecule has 1 aliphatic heterocycles. The molecule has 0 radical (unpaired) electrons. The summed E-state index contributed by atoms with van der Waals surface area (Å²) in [6, 6.07) is 8.03. The monoisotopic (exact) mass is 262 g/mol. The Hall–Kier alpha value is -1.06. The molecule has 0 saturated carbocycles. The van der Waals surface area contributed by atoms with Gasteiger partial charge in [0.15, 0.2) is 0 Å². The molecule has 3 heteroatoms. The molecule has 1 aliphatic rings. The van der Waals surface area contributed by atoms with Gasteiger partial charge in [-0.05, 0) is 45.7 Å². The molecule has 1 saturated heterocycles. The van der Waals surface area contributed by atoms with Crippen LogP contribution in [0.2, 0.25) is 0 Å². The third-order valence-corrected chi connectivity index (χ3v) is 4.10. The van der Waals surface area contributed by atoms with Gasteiger partial charge < -0.3 is 10.5 Å². The van der Waals surface area contributed by atoms with Crippen molar-refractivity contribution in [3.8, 4) is 5.75 Å². The zero-order valence-corrected chi connectivity index (χ0v) is 12.2. The van der Waals surface area contributed by atoms with Gasteiger partial charge in [-0.25, -0.2) is 0 Å². The number of ether oxygens (including phenoxy) is 1. The summed E-state index contributed by atoms with van der Waals surface area (Å²) >= 11 is 0. The van der Waals surface area contributed by atoms with E-state index in [1.165, 1.54) is 19.4 Å². The predicted molar refractivity (Wildman–Crippen MR) is 79.3 cm³/mol. The van der Waals surface area contributed by atoms with E-state index < -0.39 is 0 Å². The van der Waals surface area contributed by atoms with Crippen LogP contribution in [0.15, 0.2) is 24.3 Å². The highest BCUT2D eigenvalue weighted by molar-refractivity contribution is 5.32. The Morgan fingerprint density at radius 2 is 2.11 bits per heavy atom. The van der Waals surface area contributed by atoms with E-state index in [9.17, 15) is 0 Å². The third-order valence-electron chi connectivity index (χ3n) is 4.10. The zero-order valence-electron chi connectivity index (χ0n) is 12.2. The molecule has 0 amide bonds. The standard InChI is InChI=1S/C16H26N2O/c1-16(2)9-5-10-18(16)11-6-12-19-15-8-4-3-7-14(15)13-17/h3-4,7-8H,5-6,9-13,17H2,1-2H3. The van der Waals surface area contributed by atoms with Crippen LogP contribution >= 0.6 is 0 Å². The van der Waals surface area contributed by atoms with Crippen molar-refractivity contribution in [1.82, 2.24) is 4.90 Å². The molecule has 0 atom stereocenters. The zero-order chi connectivity index (χ0) is 13.7. The minimum absolute atomic E-state index is 0.370. The lowest BCUT2D eigenvalue weighted by atomic mass is 10.0.